The molecule has 0 saturated carbocycles. The summed E-state index contributed by atoms with van der Waals surface area (Å²) < 4.78 is 5.40. The number of hydrogen-bond donors (Lipinski definition) is 3. The van der Waals surface area contributed by atoms with Crippen LogP contribution in [0.25, 0.3) is 0 Å². The van der Waals surface area contributed by atoms with Crippen molar-refractivity contribution in [2.45, 2.75) is 26.0 Å². The van der Waals surface area contributed by atoms with E-state index in [1.807, 2.05) is 31.2 Å². The van der Waals surface area contributed by atoms with Crippen LogP contribution < -0.4 is 10.1 Å². The molecule has 0 radical (unpaired) electrons. The zero-order valence-electron chi connectivity index (χ0n) is 10.4. The number of benzene rings is 1. The number of ether oxygens (including phenoxy) is 1. The molecule has 17 heavy (non-hydrogen) atoms. The smallest absolute Gasteiger partial charge is 0.119 e. The fourth-order valence-electron chi connectivity index (χ4n) is 1.44. The van der Waals surface area contributed by atoms with E-state index in [0.29, 0.717) is 19.7 Å². The van der Waals surface area contributed by atoms with Crippen molar-refractivity contribution in [2.24, 2.45) is 0 Å². The Morgan fingerprint density at radius 1 is 1.41 bits per heavy atom. The molecule has 4 nitrogen and oxygen atoms in total. The van der Waals surface area contributed by atoms with Gasteiger partial charge in [0.2, 0.25) is 0 Å². The maximum Gasteiger partial charge on any atom is 0.119 e. The molecular formula is C13H21NO3. The number of rotatable bonds is 7. The van der Waals surface area contributed by atoms with Gasteiger partial charge in [-0.15, -0.1) is 0 Å². The molecule has 96 valence electrons. The summed E-state index contributed by atoms with van der Waals surface area (Å²) in [6, 6.07) is 7.80. The third-order valence-corrected chi connectivity index (χ3v) is 2.39. The lowest BCUT2D eigenvalue weighted by Gasteiger charge is -2.20. The summed E-state index contributed by atoms with van der Waals surface area (Å²) in [5.41, 5.74) is 0.0158. The Balaban J connectivity index is 2.44. The minimum absolute atomic E-state index is 0.251. The predicted octanol–water partition coefficient (Wildman–Crippen LogP) is 0.918. The second kappa shape index (κ2) is 6.59. The molecule has 1 aromatic carbocycles. The van der Waals surface area contributed by atoms with Gasteiger partial charge in [0.15, 0.2) is 0 Å². The first-order chi connectivity index (χ1) is 8.07. The molecule has 4 heteroatoms. The molecule has 0 saturated heterocycles. The van der Waals surface area contributed by atoms with Crippen LogP contribution in [0.1, 0.15) is 19.4 Å². The van der Waals surface area contributed by atoms with Crippen molar-refractivity contribution in [1.29, 1.82) is 0 Å². The fourth-order valence-corrected chi connectivity index (χ4v) is 1.44. The monoisotopic (exact) mass is 239 g/mol. The number of nitrogens with one attached hydrogen (secondary N) is 1. The molecule has 1 atom stereocenters. The van der Waals surface area contributed by atoms with Crippen molar-refractivity contribution >= 4 is 0 Å². The van der Waals surface area contributed by atoms with E-state index >= 15 is 0 Å². The third kappa shape index (κ3) is 5.17. The Labute approximate surface area is 102 Å². The van der Waals surface area contributed by atoms with Gasteiger partial charge in [0, 0.05) is 13.1 Å². The Morgan fingerprint density at radius 3 is 2.82 bits per heavy atom. The lowest BCUT2D eigenvalue weighted by atomic mass is 10.1. The Bertz CT molecular complexity index is 339. The molecule has 1 unspecified atom stereocenters. The van der Waals surface area contributed by atoms with Crippen LogP contribution in [0.15, 0.2) is 24.3 Å². The zero-order chi connectivity index (χ0) is 12.7. The zero-order valence-corrected chi connectivity index (χ0v) is 10.4. The lowest BCUT2D eigenvalue weighted by Crippen LogP contribution is -2.40. The van der Waals surface area contributed by atoms with E-state index in [2.05, 4.69) is 5.32 Å². The average molecular weight is 239 g/mol. The van der Waals surface area contributed by atoms with Gasteiger partial charge < -0.3 is 20.3 Å². The summed E-state index contributed by atoms with van der Waals surface area (Å²) in [5.74, 6) is 0.848. The third-order valence-electron chi connectivity index (χ3n) is 2.39. The number of aliphatic hydroxyl groups is 2. The van der Waals surface area contributed by atoms with E-state index < -0.39 is 5.60 Å². The van der Waals surface area contributed by atoms with E-state index in [0.717, 1.165) is 11.3 Å². The predicted molar refractivity (Wildman–Crippen MR) is 67.0 cm³/mol. The Hall–Kier alpha value is -1.10. The SMILES string of the molecule is CCOc1cccc(CNCC(C)(O)CO)c1. The Kier molecular flexibility index (Phi) is 5.41. The highest BCUT2D eigenvalue weighted by Gasteiger charge is 2.17. The highest BCUT2D eigenvalue weighted by Crippen LogP contribution is 2.13. The van der Waals surface area contributed by atoms with Crippen LogP contribution in [0.3, 0.4) is 0 Å². The minimum atomic E-state index is -1.07. The molecule has 1 rings (SSSR count). The standard InChI is InChI=1S/C13H21NO3/c1-3-17-12-6-4-5-11(7-12)8-14-9-13(2,16)10-15/h4-7,14-16H,3,8-10H2,1-2H3. The summed E-state index contributed by atoms with van der Waals surface area (Å²) in [6.45, 7) is 4.93. The summed E-state index contributed by atoms with van der Waals surface area (Å²) in [5, 5.41) is 21.6. The van der Waals surface area contributed by atoms with Gasteiger partial charge in [-0.3, -0.25) is 0 Å². The minimum Gasteiger partial charge on any atom is -0.494 e. The first kappa shape index (κ1) is 14.0. The summed E-state index contributed by atoms with van der Waals surface area (Å²) in [4.78, 5) is 0. The molecule has 0 fully saturated rings. The van der Waals surface area contributed by atoms with Gasteiger partial charge in [-0.25, -0.2) is 0 Å². The average Bonchev–Trinajstić information content (AvgIpc) is 2.30. The lowest BCUT2D eigenvalue weighted by molar-refractivity contribution is 0.00254. The van der Waals surface area contributed by atoms with Crippen LogP contribution in [0.2, 0.25) is 0 Å². The van der Waals surface area contributed by atoms with Gasteiger partial charge in [0.1, 0.15) is 5.75 Å². The molecular weight excluding hydrogens is 218 g/mol. The van der Waals surface area contributed by atoms with Crippen molar-refractivity contribution in [2.75, 3.05) is 19.8 Å². The van der Waals surface area contributed by atoms with Crippen LogP contribution in [0, 0.1) is 0 Å². The topological polar surface area (TPSA) is 61.7 Å². The first-order valence-electron chi connectivity index (χ1n) is 5.83. The van der Waals surface area contributed by atoms with Crippen LogP contribution >= 0.6 is 0 Å². The second-order valence-corrected chi connectivity index (χ2v) is 4.34. The molecule has 0 aliphatic rings. The van der Waals surface area contributed by atoms with Crippen molar-refractivity contribution < 1.29 is 14.9 Å². The van der Waals surface area contributed by atoms with Gasteiger partial charge in [-0.2, -0.15) is 0 Å². The van der Waals surface area contributed by atoms with E-state index in [-0.39, 0.29) is 6.61 Å². The van der Waals surface area contributed by atoms with Gasteiger partial charge in [0.25, 0.3) is 0 Å². The van der Waals surface area contributed by atoms with Gasteiger partial charge >= 0.3 is 0 Å². The molecule has 0 spiro atoms. The van der Waals surface area contributed by atoms with Crippen molar-refractivity contribution in [1.82, 2.24) is 5.32 Å². The van der Waals surface area contributed by atoms with Gasteiger partial charge in [0.05, 0.1) is 18.8 Å². The normalized spacial score (nSPS) is 14.4. The van der Waals surface area contributed by atoms with E-state index in [4.69, 9.17) is 9.84 Å². The molecule has 1 aromatic rings. The fraction of sp³-hybridized carbons (Fsp3) is 0.538. The van der Waals surface area contributed by atoms with E-state index in [1.54, 1.807) is 6.92 Å². The van der Waals surface area contributed by atoms with E-state index in [9.17, 15) is 5.11 Å². The number of hydrogen-bond acceptors (Lipinski definition) is 4. The largest absolute Gasteiger partial charge is 0.494 e. The maximum absolute atomic E-state index is 9.60. The number of aliphatic hydroxyl groups excluding tert-OH is 1. The molecule has 0 amide bonds. The quantitative estimate of drug-likeness (QED) is 0.662. The molecule has 0 heterocycles. The summed E-state index contributed by atoms with van der Waals surface area (Å²) in [6.07, 6.45) is 0. The second-order valence-electron chi connectivity index (χ2n) is 4.34. The molecule has 0 bridgehead atoms. The van der Waals surface area contributed by atoms with Gasteiger partial charge in [-0.1, -0.05) is 12.1 Å². The Morgan fingerprint density at radius 2 is 2.18 bits per heavy atom. The highest BCUT2D eigenvalue weighted by atomic mass is 16.5. The molecule has 3 N–H and O–H groups in total. The first-order valence-corrected chi connectivity index (χ1v) is 5.83. The van der Waals surface area contributed by atoms with Crippen molar-refractivity contribution in [3.05, 3.63) is 29.8 Å². The van der Waals surface area contributed by atoms with Crippen LogP contribution in [0.4, 0.5) is 0 Å². The van der Waals surface area contributed by atoms with E-state index in [1.165, 1.54) is 0 Å². The highest BCUT2D eigenvalue weighted by molar-refractivity contribution is 5.28. The van der Waals surface area contributed by atoms with Crippen LogP contribution in [-0.4, -0.2) is 35.6 Å². The van der Waals surface area contributed by atoms with Crippen molar-refractivity contribution in [3.8, 4) is 5.75 Å². The molecule has 0 aromatic heterocycles. The summed E-state index contributed by atoms with van der Waals surface area (Å²) >= 11 is 0. The maximum atomic E-state index is 9.60. The molecule has 0 aliphatic carbocycles. The van der Waals surface area contributed by atoms with Crippen LogP contribution in [0.5, 0.6) is 5.75 Å². The summed E-state index contributed by atoms with van der Waals surface area (Å²) in [7, 11) is 0. The van der Waals surface area contributed by atoms with Crippen molar-refractivity contribution in [3.63, 3.8) is 0 Å². The molecule has 0 aliphatic heterocycles. The van der Waals surface area contributed by atoms with Crippen LogP contribution in [-0.2, 0) is 6.54 Å². The van der Waals surface area contributed by atoms with Gasteiger partial charge in [-0.05, 0) is 31.5 Å².